The number of alkyl halides is 2. The fraction of sp³-hybridized carbons (Fsp3) is 0.400. The molecule has 36 heavy (non-hydrogen) atoms. The van der Waals surface area contributed by atoms with Crippen LogP contribution in [0.15, 0.2) is 41.5 Å². The van der Waals surface area contributed by atoms with Crippen LogP contribution in [0.1, 0.15) is 43.3 Å². The highest BCUT2D eigenvalue weighted by Gasteiger charge is 2.29. The molecule has 1 saturated heterocycles. The number of nitrogens with zero attached hydrogens (tertiary/aromatic N) is 8. The number of hydrogen-bond acceptors (Lipinski definition) is 7. The molecule has 2 unspecified atom stereocenters. The lowest BCUT2D eigenvalue weighted by Gasteiger charge is -2.43. The van der Waals surface area contributed by atoms with E-state index in [1.54, 1.807) is 23.8 Å². The van der Waals surface area contributed by atoms with Crippen molar-refractivity contribution in [3.63, 3.8) is 0 Å². The summed E-state index contributed by atoms with van der Waals surface area (Å²) in [6.45, 7) is 6.34. The molecule has 1 fully saturated rings. The van der Waals surface area contributed by atoms with Crippen LogP contribution in [-0.2, 0) is 13.5 Å². The normalized spacial score (nSPS) is 17.7. The molecule has 11 heteroatoms. The summed E-state index contributed by atoms with van der Waals surface area (Å²) in [6.07, 6.45) is 0.359. The lowest BCUT2D eigenvalue weighted by atomic mass is 10.0. The molecule has 0 spiro atoms. The summed E-state index contributed by atoms with van der Waals surface area (Å²) in [5.74, 6) is 0. The van der Waals surface area contributed by atoms with Crippen LogP contribution in [0, 0.1) is 11.3 Å². The Kier molecular flexibility index (Phi) is 6.14. The first-order chi connectivity index (χ1) is 17.3. The summed E-state index contributed by atoms with van der Waals surface area (Å²) < 4.78 is 29.4. The highest BCUT2D eigenvalue weighted by Crippen LogP contribution is 2.29. The third-order valence-electron chi connectivity index (χ3n) is 6.94. The molecule has 2 atom stereocenters. The predicted octanol–water partition coefficient (Wildman–Crippen LogP) is 3.25. The average Bonchev–Trinajstić information content (AvgIpc) is 3.29. The number of aryl methyl sites for hydroxylation is 1. The molecular formula is C25H26F2N8O. The van der Waals surface area contributed by atoms with Crippen LogP contribution in [0.3, 0.4) is 0 Å². The third kappa shape index (κ3) is 4.18. The zero-order valence-corrected chi connectivity index (χ0v) is 20.3. The minimum atomic E-state index is -2.66. The second-order valence-corrected chi connectivity index (χ2v) is 9.18. The van der Waals surface area contributed by atoms with Crippen molar-refractivity contribution in [2.24, 2.45) is 7.05 Å². The van der Waals surface area contributed by atoms with Crippen molar-refractivity contribution in [2.45, 2.75) is 38.8 Å². The number of rotatable bonds is 5. The summed E-state index contributed by atoms with van der Waals surface area (Å²) in [5.41, 5.74) is 3.57. The second-order valence-electron chi connectivity index (χ2n) is 9.18. The van der Waals surface area contributed by atoms with E-state index in [0.29, 0.717) is 28.9 Å². The zero-order valence-electron chi connectivity index (χ0n) is 20.3. The van der Waals surface area contributed by atoms with E-state index in [2.05, 4.69) is 44.7 Å². The molecule has 0 aliphatic carbocycles. The fourth-order valence-corrected chi connectivity index (χ4v) is 4.89. The number of aromatic nitrogens is 5. The van der Waals surface area contributed by atoms with Crippen LogP contribution in [-0.4, -0.2) is 54.7 Å². The molecule has 1 aliphatic heterocycles. The summed E-state index contributed by atoms with van der Waals surface area (Å²) in [7, 11) is 1.68. The van der Waals surface area contributed by atoms with E-state index in [4.69, 9.17) is 5.26 Å². The van der Waals surface area contributed by atoms with Crippen LogP contribution in [0.4, 0.5) is 14.5 Å². The first-order valence-electron chi connectivity index (χ1n) is 11.8. The summed E-state index contributed by atoms with van der Waals surface area (Å²) >= 11 is 0. The number of anilines is 1. The smallest absolute Gasteiger partial charge is 0.281 e. The van der Waals surface area contributed by atoms with Crippen LogP contribution in [0.25, 0.3) is 16.7 Å². The number of imidazole rings is 1. The van der Waals surface area contributed by atoms with E-state index in [-0.39, 0.29) is 29.8 Å². The Labute approximate surface area is 206 Å². The number of hydrogen-bond donors (Lipinski definition) is 0. The van der Waals surface area contributed by atoms with Crippen LogP contribution >= 0.6 is 0 Å². The maximum Gasteiger partial charge on any atom is 0.281 e. The standard InChI is InChI=1S/C25H26F2N8O/c1-15-13-33(16(2)17-4-5-19-20(10-17)31-21(12-29-19)24(26)27)8-9-34(15)22-11-23(36)32(3)35-14-18(6-7-28)30-25(22)35/h4-5,10-12,14-16,24H,6,8-9,13H2,1-3H3. The largest absolute Gasteiger partial charge is 0.363 e. The highest BCUT2D eigenvalue weighted by atomic mass is 19.3. The Morgan fingerprint density at radius 3 is 2.72 bits per heavy atom. The molecule has 9 nitrogen and oxygen atoms in total. The van der Waals surface area contributed by atoms with Crippen molar-refractivity contribution in [2.75, 3.05) is 24.5 Å². The van der Waals surface area contributed by atoms with Crippen molar-refractivity contribution >= 4 is 22.4 Å². The molecule has 0 saturated carbocycles. The lowest BCUT2D eigenvalue weighted by molar-refractivity contribution is 0.146. The van der Waals surface area contributed by atoms with Gasteiger partial charge in [-0.3, -0.25) is 14.7 Å². The van der Waals surface area contributed by atoms with E-state index in [0.717, 1.165) is 30.5 Å². The maximum atomic E-state index is 13.1. The number of piperazine rings is 1. The highest BCUT2D eigenvalue weighted by molar-refractivity contribution is 5.75. The van der Waals surface area contributed by atoms with Crippen molar-refractivity contribution < 1.29 is 8.78 Å². The topological polar surface area (TPSA) is 95.4 Å². The second kappa shape index (κ2) is 9.28. The lowest BCUT2D eigenvalue weighted by Crippen LogP contribution is -2.53. The molecule has 0 radical (unpaired) electrons. The average molecular weight is 493 g/mol. The summed E-state index contributed by atoms with van der Waals surface area (Å²) in [4.78, 5) is 30.0. The van der Waals surface area contributed by atoms with Crippen LogP contribution < -0.4 is 10.5 Å². The van der Waals surface area contributed by atoms with Crippen molar-refractivity contribution in [3.8, 4) is 6.07 Å². The van der Waals surface area contributed by atoms with Gasteiger partial charge in [0, 0.05) is 44.8 Å². The minimum absolute atomic E-state index is 0.0355. The van der Waals surface area contributed by atoms with Gasteiger partial charge in [-0.25, -0.2) is 27.9 Å². The van der Waals surface area contributed by atoms with E-state index in [1.165, 1.54) is 4.68 Å². The Morgan fingerprint density at radius 1 is 1.19 bits per heavy atom. The van der Waals surface area contributed by atoms with Gasteiger partial charge >= 0.3 is 0 Å². The van der Waals surface area contributed by atoms with Gasteiger partial charge in [0.15, 0.2) is 5.65 Å². The van der Waals surface area contributed by atoms with Gasteiger partial charge in [0.25, 0.3) is 12.0 Å². The molecule has 0 N–H and O–H groups in total. The molecule has 3 aromatic heterocycles. The number of halogens is 2. The number of benzene rings is 1. The Balaban J connectivity index is 1.40. The summed E-state index contributed by atoms with van der Waals surface area (Å²) in [6, 6.07) is 9.45. The molecule has 4 heterocycles. The van der Waals surface area contributed by atoms with Gasteiger partial charge in [-0.05, 0) is 31.5 Å². The van der Waals surface area contributed by atoms with Crippen LogP contribution in [0.5, 0.6) is 0 Å². The molecule has 4 aromatic rings. The Hall–Kier alpha value is -3.91. The zero-order chi connectivity index (χ0) is 25.6. The quantitative estimate of drug-likeness (QED) is 0.422. The molecule has 1 aliphatic rings. The maximum absolute atomic E-state index is 13.1. The number of nitriles is 1. The summed E-state index contributed by atoms with van der Waals surface area (Å²) in [5, 5.41) is 9.08. The van der Waals surface area contributed by atoms with Gasteiger partial charge in [0.1, 0.15) is 5.69 Å². The van der Waals surface area contributed by atoms with E-state index >= 15 is 0 Å². The van der Waals surface area contributed by atoms with Crippen molar-refractivity contribution in [1.29, 1.82) is 5.26 Å². The first-order valence-corrected chi connectivity index (χ1v) is 11.8. The van der Waals surface area contributed by atoms with Crippen molar-refractivity contribution in [1.82, 2.24) is 29.0 Å². The van der Waals surface area contributed by atoms with Crippen LogP contribution in [0.2, 0.25) is 0 Å². The van der Waals surface area contributed by atoms with Gasteiger partial charge in [-0.1, -0.05) is 6.07 Å². The Bertz CT molecular complexity index is 1540. The molecule has 0 bridgehead atoms. The molecular weight excluding hydrogens is 466 g/mol. The van der Waals surface area contributed by atoms with Gasteiger partial charge in [0.2, 0.25) is 0 Å². The first kappa shape index (κ1) is 23.8. The molecule has 186 valence electrons. The molecule has 0 amide bonds. The molecule has 1 aromatic carbocycles. The van der Waals surface area contributed by atoms with Gasteiger partial charge in [0.05, 0.1) is 47.3 Å². The fourth-order valence-electron chi connectivity index (χ4n) is 4.89. The number of fused-ring (bicyclic) bond motifs is 2. The van der Waals surface area contributed by atoms with Gasteiger partial charge in [-0.15, -0.1) is 0 Å². The molecule has 5 rings (SSSR count). The van der Waals surface area contributed by atoms with E-state index in [1.807, 2.05) is 18.2 Å². The third-order valence-corrected chi connectivity index (χ3v) is 6.94. The van der Waals surface area contributed by atoms with E-state index in [9.17, 15) is 13.6 Å². The minimum Gasteiger partial charge on any atom is -0.363 e. The van der Waals surface area contributed by atoms with E-state index < -0.39 is 6.43 Å². The van der Waals surface area contributed by atoms with Crippen molar-refractivity contribution in [3.05, 3.63) is 64.0 Å². The van der Waals surface area contributed by atoms with Gasteiger partial charge in [-0.2, -0.15) is 5.26 Å². The predicted molar refractivity (Wildman–Crippen MR) is 131 cm³/mol. The van der Waals surface area contributed by atoms with Gasteiger partial charge < -0.3 is 4.90 Å². The monoisotopic (exact) mass is 492 g/mol. The SMILES string of the molecule is CC(c1ccc2ncc(C(F)F)nc2c1)N1CCN(c2cc(=O)n(C)n3cc(CC#N)nc23)C(C)C1. The Morgan fingerprint density at radius 2 is 2.00 bits per heavy atom.